The Labute approximate surface area is 136 Å². The molecule has 1 aromatic rings. The van der Waals surface area contributed by atoms with Crippen LogP contribution < -0.4 is 0 Å². The van der Waals surface area contributed by atoms with Crippen molar-refractivity contribution in [1.82, 2.24) is 24.6 Å². The molecule has 0 aromatic carbocycles. The fourth-order valence-electron chi connectivity index (χ4n) is 3.49. The van der Waals surface area contributed by atoms with Crippen LogP contribution in [0.15, 0.2) is 0 Å². The van der Waals surface area contributed by atoms with Crippen molar-refractivity contribution in [2.75, 3.05) is 32.8 Å². The van der Waals surface area contributed by atoms with Gasteiger partial charge >= 0.3 is 0 Å². The van der Waals surface area contributed by atoms with Crippen LogP contribution >= 0.6 is 0 Å². The van der Waals surface area contributed by atoms with E-state index in [1.807, 2.05) is 4.90 Å². The number of rotatable bonds is 4. The van der Waals surface area contributed by atoms with Crippen molar-refractivity contribution in [2.45, 2.75) is 51.3 Å². The topological polar surface area (TPSA) is 63.5 Å². The molecule has 0 bridgehead atoms. The maximum absolute atomic E-state index is 12.5. The Morgan fingerprint density at radius 3 is 2.91 bits per heavy atom. The number of nitrogens with zero attached hydrogens (tertiary/aromatic N) is 5. The minimum atomic E-state index is 0.193. The van der Waals surface area contributed by atoms with Crippen molar-refractivity contribution in [3.05, 3.63) is 11.6 Å². The van der Waals surface area contributed by atoms with E-state index in [0.717, 1.165) is 44.2 Å². The monoisotopic (exact) mass is 319 g/mol. The third-order valence-corrected chi connectivity index (χ3v) is 5.11. The molecule has 126 valence electrons. The van der Waals surface area contributed by atoms with Crippen molar-refractivity contribution in [3.8, 4) is 0 Å². The average Bonchev–Trinajstić information content (AvgIpc) is 3.34. The Kier molecular flexibility index (Phi) is 4.07. The van der Waals surface area contributed by atoms with Gasteiger partial charge in [-0.1, -0.05) is 6.92 Å². The molecular weight excluding hydrogens is 294 g/mol. The third kappa shape index (κ3) is 3.12. The molecule has 1 aliphatic carbocycles. The molecule has 7 heteroatoms. The molecule has 2 fully saturated rings. The van der Waals surface area contributed by atoms with Crippen LogP contribution in [-0.4, -0.2) is 69.4 Å². The van der Waals surface area contributed by atoms with E-state index < -0.39 is 0 Å². The fourth-order valence-corrected chi connectivity index (χ4v) is 3.49. The number of fused-ring (bicyclic) bond motifs is 1. The number of morpholine rings is 1. The number of amides is 1. The molecule has 1 aromatic heterocycles. The second-order valence-electron chi connectivity index (χ2n) is 6.85. The molecule has 0 radical (unpaired) electrons. The summed E-state index contributed by atoms with van der Waals surface area (Å²) < 4.78 is 7.91. The van der Waals surface area contributed by atoms with Gasteiger partial charge in [0.05, 0.1) is 25.8 Å². The van der Waals surface area contributed by atoms with E-state index in [4.69, 9.17) is 4.74 Å². The lowest BCUT2D eigenvalue weighted by molar-refractivity contribution is -0.140. The highest BCUT2D eigenvalue weighted by Crippen LogP contribution is 2.39. The van der Waals surface area contributed by atoms with Crippen LogP contribution in [-0.2, 0) is 22.6 Å². The zero-order valence-electron chi connectivity index (χ0n) is 13.8. The van der Waals surface area contributed by atoms with Gasteiger partial charge in [-0.2, -0.15) is 0 Å². The highest BCUT2D eigenvalue weighted by molar-refractivity contribution is 5.78. The van der Waals surface area contributed by atoms with Gasteiger partial charge < -0.3 is 14.2 Å². The molecule has 7 nitrogen and oxygen atoms in total. The third-order valence-electron chi connectivity index (χ3n) is 5.11. The summed E-state index contributed by atoms with van der Waals surface area (Å²) in [6.07, 6.45) is 3.64. The Balaban J connectivity index is 1.35. The summed E-state index contributed by atoms with van der Waals surface area (Å²) in [5.41, 5.74) is 0. The van der Waals surface area contributed by atoms with Crippen molar-refractivity contribution >= 4 is 5.91 Å². The molecule has 2 aliphatic heterocycles. The first-order valence-corrected chi connectivity index (χ1v) is 8.78. The number of aromatic nitrogens is 3. The maximum atomic E-state index is 12.5. The van der Waals surface area contributed by atoms with E-state index in [0.29, 0.717) is 25.6 Å². The molecule has 1 saturated heterocycles. The molecule has 23 heavy (non-hydrogen) atoms. The van der Waals surface area contributed by atoms with Gasteiger partial charge in [-0.05, 0) is 19.3 Å². The summed E-state index contributed by atoms with van der Waals surface area (Å²) in [5, 5.41) is 8.70. The maximum Gasteiger partial charge on any atom is 0.236 e. The van der Waals surface area contributed by atoms with E-state index in [1.54, 1.807) is 0 Å². The van der Waals surface area contributed by atoms with Gasteiger partial charge in [0.2, 0.25) is 5.91 Å². The van der Waals surface area contributed by atoms with Crippen molar-refractivity contribution in [1.29, 1.82) is 0 Å². The molecule has 0 unspecified atom stereocenters. The summed E-state index contributed by atoms with van der Waals surface area (Å²) in [6, 6.07) is 0. The predicted molar refractivity (Wildman–Crippen MR) is 83.9 cm³/mol. The number of hydrogen-bond acceptors (Lipinski definition) is 5. The van der Waals surface area contributed by atoms with E-state index in [1.165, 1.54) is 12.8 Å². The van der Waals surface area contributed by atoms with Gasteiger partial charge in [0.15, 0.2) is 0 Å². The first-order valence-electron chi connectivity index (χ1n) is 8.78. The van der Waals surface area contributed by atoms with Crippen molar-refractivity contribution in [3.63, 3.8) is 0 Å². The molecule has 1 atom stereocenters. The normalized spacial score (nSPS) is 25.4. The lowest BCUT2D eigenvalue weighted by Crippen LogP contribution is -2.49. The van der Waals surface area contributed by atoms with Crippen LogP contribution in [0.25, 0.3) is 0 Å². The lowest BCUT2D eigenvalue weighted by atomic mass is 10.2. The van der Waals surface area contributed by atoms with Crippen LogP contribution in [0.2, 0.25) is 0 Å². The van der Waals surface area contributed by atoms with Gasteiger partial charge in [0.1, 0.15) is 11.6 Å². The van der Waals surface area contributed by atoms with E-state index in [-0.39, 0.29) is 12.0 Å². The van der Waals surface area contributed by atoms with Gasteiger partial charge in [0.25, 0.3) is 0 Å². The molecule has 0 N–H and O–H groups in total. The van der Waals surface area contributed by atoms with Gasteiger partial charge in [-0.25, -0.2) is 0 Å². The number of hydrogen-bond donors (Lipinski definition) is 0. The average molecular weight is 319 g/mol. The summed E-state index contributed by atoms with van der Waals surface area (Å²) in [7, 11) is 0. The first-order chi connectivity index (χ1) is 11.2. The zero-order valence-corrected chi connectivity index (χ0v) is 13.8. The summed E-state index contributed by atoms with van der Waals surface area (Å²) in [4.78, 5) is 16.7. The number of ether oxygens (including phenoxy) is 1. The molecule has 1 amide bonds. The Morgan fingerprint density at radius 1 is 1.26 bits per heavy atom. The van der Waals surface area contributed by atoms with E-state index in [2.05, 4.69) is 26.6 Å². The second kappa shape index (κ2) is 6.20. The van der Waals surface area contributed by atoms with Crippen LogP contribution in [0.1, 0.15) is 43.8 Å². The van der Waals surface area contributed by atoms with Crippen LogP contribution in [0.5, 0.6) is 0 Å². The highest BCUT2D eigenvalue weighted by atomic mass is 16.5. The van der Waals surface area contributed by atoms with Gasteiger partial charge in [0, 0.05) is 32.1 Å². The summed E-state index contributed by atoms with van der Waals surface area (Å²) in [5.74, 6) is 3.01. The van der Waals surface area contributed by atoms with Crippen LogP contribution in [0.3, 0.4) is 0 Å². The smallest absolute Gasteiger partial charge is 0.236 e. The number of carbonyl (C=O) groups excluding carboxylic acids is 1. The quantitative estimate of drug-likeness (QED) is 0.813. The Hall–Kier alpha value is -1.47. The Morgan fingerprint density at radius 2 is 2.13 bits per heavy atom. The van der Waals surface area contributed by atoms with Gasteiger partial charge in [-0.15, -0.1) is 10.2 Å². The van der Waals surface area contributed by atoms with Crippen LogP contribution in [0, 0.1) is 0 Å². The zero-order chi connectivity index (χ0) is 15.8. The summed E-state index contributed by atoms with van der Waals surface area (Å²) >= 11 is 0. The first kappa shape index (κ1) is 15.1. The van der Waals surface area contributed by atoms with Crippen LogP contribution in [0.4, 0.5) is 0 Å². The molecule has 4 rings (SSSR count). The van der Waals surface area contributed by atoms with Crippen molar-refractivity contribution in [2.24, 2.45) is 0 Å². The molecular formula is C16H25N5O2. The van der Waals surface area contributed by atoms with E-state index in [9.17, 15) is 4.79 Å². The highest BCUT2D eigenvalue weighted by Gasteiger charge is 2.33. The largest absolute Gasteiger partial charge is 0.375 e. The predicted octanol–water partition coefficient (Wildman–Crippen LogP) is 0.608. The molecule has 1 saturated carbocycles. The Bertz CT molecular complexity index is 583. The van der Waals surface area contributed by atoms with Gasteiger partial charge in [-0.3, -0.25) is 9.69 Å². The molecule has 3 heterocycles. The SMILES string of the molecule is CC[C@H]1CN(C(=O)CN2CCn3c(nnc3C3CC3)C2)CCO1. The minimum Gasteiger partial charge on any atom is -0.375 e. The molecule has 0 spiro atoms. The van der Waals surface area contributed by atoms with E-state index >= 15 is 0 Å². The molecule has 3 aliphatic rings. The van der Waals surface area contributed by atoms with Crippen molar-refractivity contribution < 1.29 is 9.53 Å². The minimum absolute atomic E-state index is 0.193. The lowest BCUT2D eigenvalue weighted by Gasteiger charge is -2.35. The second-order valence-corrected chi connectivity index (χ2v) is 6.85. The number of carbonyl (C=O) groups is 1. The standard InChI is InChI=1S/C16H25N5O2/c1-2-13-9-20(7-8-23-13)15(22)11-19-5-6-21-14(10-19)17-18-16(21)12-3-4-12/h12-13H,2-11H2,1H3/t13-/m0/s1. The summed E-state index contributed by atoms with van der Waals surface area (Å²) in [6.45, 7) is 7.21. The fraction of sp³-hybridized carbons (Fsp3) is 0.812.